The van der Waals surface area contributed by atoms with Crippen LogP contribution in [0.15, 0.2) is 35.1 Å². The number of hydrogen-bond donors (Lipinski definition) is 0. The molecule has 0 amide bonds. The quantitative estimate of drug-likeness (QED) is 0.705. The predicted molar refractivity (Wildman–Crippen MR) is 54.1 cm³/mol. The van der Waals surface area contributed by atoms with Crippen molar-refractivity contribution in [2.45, 2.75) is 6.92 Å². The summed E-state index contributed by atoms with van der Waals surface area (Å²) in [6.07, 6.45) is 0. The molecule has 72 valence electrons. The summed E-state index contributed by atoms with van der Waals surface area (Å²) >= 11 is 0.986. The number of aromatic nitrogens is 1. The minimum atomic E-state index is -0.223. The van der Waals surface area contributed by atoms with Gasteiger partial charge in [0.25, 0.3) is 0 Å². The Morgan fingerprint density at radius 2 is 1.93 bits per heavy atom. The van der Waals surface area contributed by atoms with Gasteiger partial charge in [0.05, 0.1) is 0 Å². The number of benzene rings is 1. The molecule has 2 aromatic rings. The second-order valence-corrected chi connectivity index (χ2v) is 4.07. The van der Waals surface area contributed by atoms with Crippen molar-refractivity contribution in [2.24, 2.45) is 0 Å². The van der Waals surface area contributed by atoms with Crippen molar-refractivity contribution in [3.8, 4) is 11.6 Å². The van der Waals surface area contributed by atoms with Crippen LogP contribution < -0.4 is 9.98 Å². The van der Waals surface area contributed by atoms with E-state index in [0.717, 1.165) is 11.3 Å². The van der Waals surface area contributed by atoms with Gasteiger partial charge in [0, 0.05) is 10.6 Å². The second kappa shape index (κ2) is 3.31. The maximum atomic E-state index is 11.6. The molecule has 0 radical (unpaired) electrons. The summed E-state index contributed by atoms with van der Waals surface area (Å²) < 4.78 is 1.19. The molecule has 14 heavy (non-hydrogen) atoms. The lowest BCUT2D eigenvalue weighted by atomic mass is 10.3. The van der Waals surface area contributed by atoms with Crippen molar-refractivity contribution in [3.63, 3.8) is 0 Å². The molecule has 0 spiro atoms. The van der Waals surface area contributed by atoms with E-state index in [0.29, 0.717) is 10.6 Å². The predicted octanol–water partition coefficient (Wildman–Crippen LogP) is 1.28. The minimum Gasteiger partial charge on any atom is -0.859 e. The molecule has 0 aliphatic rings. The van der Waals surface area contributed by atoms with Crippen molar-refractivity contribution >= 4 is 11.3 Å². The molecular weight excluding hydrogens is 198 g/mol. The Bertz CT molecular complexity index is 499. The Morgan fingerprint density at radius 3 is 2.43 bits per heavy atom. The third kappa shape index (κ3) is 1.33. The Balaban J connectivity index is 2.69. The summed E-state index contributed by atoms with van der Waals surface area (Å²) in [5.41, 5.74) is 0.631. The Labute approximate surface area is 84.9 Å². The third-order valence-corrected chi connectivity index (χ3v) is 2.78. The fourth-order valence-corrected chi connectivity index (χ4v) is 1.98. The number of rotatable bonds is 1. The Kier molecular flexibility index (Phi) is 2.13. The molecule has 3 nitrogen and oxygen atoms in total. The van der Waals surface area contributed by atoms with Crippen molar-refractivity contribution in [2.75, 3.05) is 0 Å². The van der Waals surface area contributed by atoms with Crippen LogP contribution in [0.3, 0.4) is 0 Å². The molecule has 2 rings (SSSR count). The van der Waals surface area contributed by atoms with E-state index in [9.17, 15) is 9.90 Å². The van der Waals surface area contributed by atoms with E-state index in [-0.39, 0.29) is 10.8 Å². The van der Waals surface area contributed by atoms with Gasteiger partial charge >= 0.3 is 4.87 Å². The van der Waals surface area contributed by atoms with E-state index >= 15 is 0 Å². The zero-order valence-electron chi connectivity index (χ0n) is 7.56. The van der Waals surface area contributed by atoms with Gasteiger partial charge in [-0.25, -0.2) is 0 Å². The third-order valence-electron chi connectivity index (χ3n) is 1.94. The second-order valence-electron chi connectivity index (χ2n) is 2.90. The molecule has 0 bridgehead atoms. The van der Waals surface area contributed by atoms with Gasteiger partial charge in [-0.3, -0.25) is 9.36 Å². The monoisotopic (exact) mass is 206 g/mol. The average molecular weight is 206 g/mol. The molecule has 0 N–H and O–H groups in total. The van der Waals surface area contributed by atoms with E-state index in [1.165, 1.54) is 4.57 Å². The van der Waals surface area contributed by atoms with Gasteiger partial charge in [0.15, 0.2) is 0 Å². The van der Waals surface area contributed by atoms with E-state index in [1.54, 1.807) is 31.2 Å². The Hall–Kier alpha value is -1.55. The van der Waals surface area contributed by atoms with Gasteiger partial charge in [-0.05, 0) is 24.9 Å². The molecule has 0 saturated heterocycles. The van der Waals surface area contributed by atoms with Gasteiger partial charge in [0.1, 0.15) is 0 Å². The zero-order chi connectivity index (χ0) is 10.1. The van der Waals surface area contributed by atoms with Crippen molar-refractivity contribution < 1.29 is 5.11 Å². The van der Waals surface area contributed by atoms with E-state index in [2.05, 4.69) is 0 Å². The SMILES string of the molecule is Cc1sc(=O)n(-c2ccccc2)c1[O-]. The zero-order valence-corrected chi connectivity index (χ0v) is 8.38. The number of hydrogen-bond acceptors (Lipinski definition) is 3. The summed E-state index contributed by atoms with van der Waals surface area (Å²) in [5.74, 6) is -0.216. The number of aryl methyl sites for hydroxylation is 1. The van der Waals surface area contributed by atoms with Crippen LogP contribution in [0.2, 0.25) is 0 Å². The van der Waals surface area contributed by atoms with Gasteiger partial charge in [-0.1, -0.05) is 29.5 Å². The maximum absolute atomic E-state index is 11.6. The van der Waals surface area contributed by atoms with E-state index < -0.39 is 0 Å². The van der Waals surface area contributed by atoms with Gasteiger partial charge in [0.2, 0.25) is 0 Å². The average Bonchev–Trinajstić information content (AvgIpc) is 2.43. The summed E-state index contributed by atoms with van der Waals surface area (Å²) in [6.45, 7) is 1.66. The molecule has 4 heteroatoms. The van der Waals surface area contributed by atoms with E-state index in [4.69, 9.17) is 0 Å². The number of para-hydroxylation sites is 1. The first-order valence-corrected chi connectivity index (χ1v) is 4.96. The molecule has 0 saturated carbocycles. The van der Waals surface area contributed by atoms with Crippen LogP contribution >= 0.6 is 11.3 Å². The summed E-state index contributed by atoms with van der Waals surface area (Å²) in [6, 6.07) is 8.94. The summed E-state index contributed by atoms with van der Waals surface area (Å²) in [7, 11) is 0. The van der Waals surface area contributed by atoms with Gasteiger partial charge in [-0.2, -0.15) is 0 Å². The van der Waals surface area contributed by atoms with Crippen molar-refractivity contribution in [3.05, 3.63) is 44.9 Å². The standard InChI is InChI=1S/C10H9NO2S/c1-7-9(12)11(10(13)14-7)8-5-3-2-4-6-8/h2-6,12H,1H3/p-1. The van der Waals surface area contributed by atoms with Crippen LogP contribution in [-0.2, 0) is 0 Å². The normalized spacial score (nSPS) is 10.4. The molecule has 0 aliphatic heterocycles. The van der Waals surface area contributed by atoms with Gasteiger partial charge < -0.3 is 5.11 Å². The smallest absolute Gasteiger partial charge is 0.311 e. The maximum Gasteiger partial charge on any atom is 0.311 e. The summed E-state index contributed by atoms with van der Waals surface area (Å²) in [5, 5.41) is 11.6. The first kappa shape index (κ1) is 9.02. The van der Waals surface area contributed by atoms with Crippen LogP contribution in [0.5, 0.6) is 5.88 Å². The van der Waals surface area contributed by atoms with Crippen LogP contribution in [0.4, 0.5) is 0 Å². The molecule has 0 atom stereocenters. The highest BCUT2D eigenvalue weighted by Crippen LogP contribution is 2.19. The fourth-order valence-electron chi connectivity index (χ4n) is 1.26. The highest BCUT2D eigenvalue weighted by molar-refractivity contribution is 7.09. The molecule has 0 unspecified atom stereocenters. The highest BCUT2D eigenvalue weighted by Gasteiger charge is 2.04. The molecular formula is C10H8NO2S-. The summed E-state index contributed by atoms with van der Waals surface area (Å²) in [4.78, 5) is 11.7. The molecule has 1 aromatic heterocycles. The van der Waals surface area contributed by atoms with Crippen LogP contribution in [-0.4, -0.2) is 4.57 Å². The van der Waals surface area contributed by atoms with Crippen molar-refractivity contribution in [1.82, 2.24) is 4.57 Å². The lowest BCUT2D eigenvalue weighted by Gasteiger charge is -2.11. The van der Waals surface area contributed by atoms with Crippen LogP contribution in [0, 0.1) is 6.92 Å². The minimum absolute atomic E-state index is 0.216. The lowest BCUT2D eigenvalue weighted by molar-refractivity contribution is -0.277. The van der Waals surface area contributed by atoms with Gasteiger partial charge in [-0.15, -0.1) is 0 Å². The molecule has 0 fully saturated rings. The first-order valence-electron chi connectivity index (χ1n) is 4.15. The fraction of sp³-hybridized carbons (Fsp3) is 0.100. The number of thiazole rings is 1. The topological polar surface area (TPSA) is 45.1 Å². The van der Waals surface area contributed by atoms with Crippen molar-refractivity contribution in [1.29, 1.82) is 0 Å². The highest BCUT2D eigenvalue weighted by atomic mass is 32.1. The molecule has 1 aromatic carbocycles. The molecule has 1 heterocycles. The van der Waals surface area contributed by atoms with Crippen LogP contribution in [0.1, 0.15) is 4.88 Å². The largest absolute Gasteiger partial charge is 0.859 e. The number of nitrogens with zero attached hydrogens (tertiary/aromatic N) is 1. The first-order chi connectivity index (χ1) is 6.70. The van der Waals surface area contributed by atoms with Crippen LogP contribution in [0.25, 0.3) is 5.69 Å². The van der Waals surface area contributed by atoms with E-state index in [1.807, 2.05) is 6.07 Å². The lowest BCUT2D eigenvalue weighted by Crippen LogP contribution is -2.13. The molecule has 0 aliphatic carbocycles. The Morgan fingerprint density at radius 1 is 1.29 bits per heavy atom.